The number of nitriles is 1. The van der Waals surface area contributed by atoms with E-state index in [1.54, 1.807) is 0 Å². The van der Waals surface area contributed by atoms with Crippen LogP contribution in [0.1, 0.15) is 6.92 Å². The quantitative estimate of drug-likeness (QED) is 0.434. The van der Waals surface area contributed by atoms with Crippen LogP contribution in [0.5, 0.6) is 0 Å². The van der Waals surface area contributed by atoms with Crippen molar-refractivity contribution in [1.82, 2.24) is 0 Å². The minimum absolute atomic E-state index is 0.250. The van der Waals surface area contributed by atoms with Gasteiger partial charge in [0.15, 0.2) is 5.92 Å². The van der Waals surface area contributed by atoms with Crippen LogP contribution in [-0.2, 0) is 9.59 Å². The summed E-state index contributed by atoms with van der Waals surface area (Å²) in [6, 6.07) is 1.43. The van der Waals surface area contributed by atoms with Crippen LogP contribution < -0.4 is 0 Å². The van der Waals surface area contributed by atoms with Crippen molar-refractivity contribution in [2.45, 2.75) is 6.92 Å². The number of nitrogens with one attached hydrogen (secondary N) is 1. The first-order valence-electron chi connectivity index (χ1n) is 2.72. The minimum Gasteiger partial charge on any atom is -0.475 e. The summed E-state index contributed by atoms with van der Waals surface area (Å²) in [6.07, 6.45) is 0. The molecule has 0 aliphatic rings. The van der Waals surface area contributed by atoms with Crippen LogP contribution in [0.25, 0.3) is 0 Å². The summed E-state index contributed by atoms with van der Waals surface area (Å²) in [6.45, 7) is 1.22. The van der Waals surface area contributed by atoms with E-state index in [1.807, 2.05) is 0 Å². The molecule has 0 spiro atoms. The molecule has 2 N–H and O–H groups in total. The maximum atomic E-state index is 10.6. The first-order chi connectivity index (χ1) is 5.00. The van der Waals surface area contributed by atoms with E-state index >= 15 is 0 Å². The van der Waals surface area contributed by atoms with Gasteiger partial charge >= 0.3 is 5.97 Å². The zero-order chi connectivity index (χ0) is 9.02. The SMILES string of the molecule is CC(=N)C(C#N)C(=O)C(=O)O. The summed E-state index contributed by atoms with van der Waals surface area (Å²) in [4.78, 5) is 20.6. The standard InChI is InChI=1S/C6H6N2O3/c1-3(8)4(2-7)5(9)6(10)11/h4,8H,1H3,(H,10,11). The Morgan fingerprint density at radius 1 is 1.64 bits per heavy atom. The summed E-state index contributed by atoms with van der Waals surface area (Å²) in [5.74, 6) is -4.37. The molecule has 0 rings (SSSR count). The molecule has 58 valence electrons. The Labute approximate surface area is 62.8 Å². The third-order valence-electron chi connectivity index (χ3n) is 1.04. The van der Waals surface area contributed by atoms with Crippen LogP contribution in [-0.4, -0.2) is 22.6 Å². The molecule has 0 aliphatic carbocycles. The second-order valence-electron chi connectivity index (χ2n) is 1.91. The molecule has 0 heterocycles. The minimum atomic E-state index is -1.68. The van der Waals surface area contributed by atoms with Crippen LogP contribution in [0.2, 0.25) is 0 Å². The van der Waals surface area contributed by atoms with Gasteiger partial charge in [-0.2, -0.15) is 5.26 Å². The molecule has 5 nitrogen and oxygen atoms in total. The van der Waals surface area contributed by atoms with E-state index in [-0.39, 0.29) is 5.71 Å². The smallest absolute Gasteiger partial charge is 0.374 e. The highest BCUT2D eigenvalue weighted by Crippen LogP contribution is 1.98. The van der Waals surface area contributed by atoms with Gasteiger partial charge in [-0.15, -0.1) is 0 Å². The van der Waals surface area contributed by atoms with E-state index in [2.05, 4.69) is 0 Å². The van der Waals surface area contributed by atoms with E-state index in [1.165, 1.54) is 13.0 Å². The molecule has 1 unspecified atom stereocenters. The summed E-state index contributed by atoms with van der Waals surface area (Å²) in [5, 5.41) is 23.2. The number of Topliss-reactive ketones (excluding diaryl/α,β-unsaturated/α-hetero) is 1. The van der Waals surface area contributed by atoms with Gasteiger partial charge in [-0.3, -0.25) is 4.79 Å². The second-order valence-corrected chi connectivity index (χ2v) is 1.91. The topological polar surface area (TPSA) is 102 Å². The summed E-state index contributed by atoms with van der Waals surface area (Å²) in [7, 11) is 0. The lowest BCUT2D eigenvalue weighted by atomic mass is 10.0. The fourth-order valence-electron chi connectivity index (χ4n) is 0.476. The fraction of sp³-hybridized carbons (Fsp3) is 0.333. The molecule has 11 heavy (non-hydrogen) atoms. The van der Waals surface area contributed by atoms with Crippen molar-refractivity contribution >= 4 is 17.5 Å². The lowest BCUT2D eigenvalue weighted by Gasteiger charge is -1.99. The number of hydrogen-bond acceptors (Lipinski definition) is 4. The molecule has 1 atom stereocenters. The molecule has 0 aromatic heterocycles. The largest absolute Gasteiger partial charge is 0.475 e. The third kappa shape index (κ3) is 2.18. The van der Waals surface area contributed by atoms with Crippen LogP contribution >= 0.6 is 0 Å². The summed E-state index contributed by atoms with van der Waals surface area (Å²) < 4.78 is 0. The van der Waals surface area contributed by atoms with E-state index < -0.39 is 17.7 Å². The zero-order valence-corrected chi connectivity index (χ0v) is 5.79. The molecular formula is C6H6N2O3. The van der Waals surface area contributed by atoms with E-state index in [0.717, 1.165) is 0 Å². The molecule has 0 radical (unpaired) electrons. The predicted octanol–water partition coefficient (Wildman–Crippen LogP) is -0.180. The summed E-state index contributed by atoms with van der Waals surface area (Å²) in [5.41, 5.74) is -0.250. The van der Waals surface area contributed by atoms with Crippen molar-refractivity contribution in [2.75, 3.05) is 0 Å². The highest BCUT2D eigenvalue weighted by molar-refractivity contribution is 6.38. The summed E-state index contributed by atoms with van der Waals surface area (Å²) >= 11 is 0. The normalized spacial score (nSPS) is 11.3. The number of aliphatic carboxylic acids is 1. The van der Waals surface area contributed by atoms with Gasteiger partial charge in [-0.1, -0.05) is 0 Å². The van der Waals surface area contributed by atoms with Crippen LogP contribution in [0, 0.1) is 22.7 Å². The average molecular weight is 154 g/mol. The Balaban J connectivity index is 4.56. The predicted molar refractivity (Wildman–Crippen MR) is 35.1 cm³/mol. The number of carbonyl (C=O) groups excluding carboxylic acids is 1. The Morgan fingerprint density at radius 2 is 2.09 bits per heavy atom. The molecule has 0 saturated heterocycles. The highest BCUT2D eigenvalue weighted by atomic mass is 16.4. The first kappa shape index (κ1) is 9.30. The molecule has 0 amide bonds. The Kier molecular flexibility index (Phi) is 2.93. The van der Waals surface area contributed by atoms with Gasteiger partial charge in [0.25, 0.3) is 5.78 Å². The van der Waals surface area contributed by atoms with Gasteiger partial charge in [-0.25, -0.2) is 4.79 Å². The Hall–Kier alpha value is -1.70. The van der Waals surface area contributed by atoms with Gasteiger partial charge in [-0.05, 0) is 6.92 Å². The number of ketones is 1. The van der Waals surface area contributed by atoms with Crippen molar-refractivity contribution in [2.24, 2.45) is 5.92 Å². The van der Waals surface area contributed by atoms with E-state index in [0.29, 0.717) is 0 Å². The van der Waals surface area contributed by atoms with Gasteiger partial charge in [0.1, 0.15) is 0 Å². The molecule has 0 fully saturated rings. The van der Waals surface area contributed by atoms with Gasteiger partial charge in [0.05, 0.1) is 6.07 Å². The van der Waals surface area contributed by atoms with Crippen molar-refractivity contribution in [3.63, 3.8) is 0 Å². The maximum Gasteiger partial charge on any atom is 0.374 e. The molecule has 0 bridgehead atoms. The highest BCUT2D eigenvalue weighted by Gasteiger charge is 2.25. The average Bonchev–Trinajstić information content (AvgIpc) is 1.88. The molecule has 0 aromatic carbocycles. The van der Waals surface area contributed by atoms with E-state index in [9.17, 15) is 9.59 Å². The Morgan fingerprint density at radius 3 is 2.18 bits per heavy atom. The Bertz CT molecular complexity index is 251. The van der Waals surface area contributed by atoms with Crippen LogP contribution in [0.15, 0.2) is 0 Å². The molecule has 0 saturated carbocycles. The lowest BCUT2D eigenvalue weighted by molar-refractivity contribution is -0.149. The second kappa shape index (κ2) is 3.46. The van der Waals surface area contributed by atoms with Crippen molar-refractivity contribution in [3.05, 3.63) is 0 Å². The monoisotopic (exact) mass is 154 g/mol. The number of hydrogen-bond donors (Lipinski definition) is 2. The number of rotatable bonds is 3. The molecule has 0 aromatic rings. The van der Waals surface area contributed by atoms with Crippen molar-refractivity contribution in [1.29, 1.82) is 10.7 Å². The van der Waals surface area contributed by atoms with Gasteiger partial charge in [0, 0.05) is 5.71 Å². The number of carbonyl (C=O) groups is 2. The zero-order valence-electron chi connectivity index (χ0n) is 5.79. The van der Waals surface area contributed by atoms with Crippen LogP contribution in [0.4, 0.5) is 0 Å². The first-order valence-corrected chi connectivity index (χ1v) is 2.72. The number of nitrogens with zero attached hydrogens (tertiary/aromatic N) is 1. The third-order valence-corrected chi connectivity index (χ3v) is 1.04. The van der Waals surface area contributed by atoms with Crippen molar-refractivity contribution in [3.8, 4) is 6.07 Å². The fourth-order valence-corrected chi connectivity index (χ4v) is 0.476. The van der Waals surface area contributed by atoms with Gasteiger partial charge in [0.2, 0.25) is 0 Å². The van der Waals surface area contributed by atoms with Gasteiger partial charge < -0.3 is 10.5 Å². The van der Waals surface area contributed by atoms with Crippen molar-refractivity contribution < 1.29 is 14.7 Å². The molecule has 5 heteroatoms. The molecular weight excluding hydrogens is 148 g/mol. The number of carboxylic acids is 1. The molecule has 0 aliphatic heterocycles. The van der Waals surface area contributed by atoms with E-state index in [4.69, 9.17) is 15.8 Å². The van der Waals surface area contributed by atoms with Crippen LogP contribution in [0.3, 0.4) is 0 Å². The number of carboxylic acid groups (broad SMARTS) is 1. The maximum absolute atomic E-state index is 10.6. The lowest BCUT2D eigenvalue weighted by Crippen LogP contribution is -2.26.